The van der Waals surface area contributed by atoms with Crippen LogP contribution in [0.5, 0.6) is 0 Å². The van der Waals surface area contributed by atoms with Gasteiger partial charge in [0.25, 0.3) is 0 Å². The van der Waals surface area contributed by atoms with E-state index >= 15 is 0 Å². The van der Waals surface area contributed by atoms with Crippen LogP contribution in [0.2, 0.25) is 0 Å². The molecule has 2 aromatic carbocycles. The average molecular weight is 447 g/mol. The molecule has 174 valence electrons. The number of nitrogens with one attached hydrogen (secondary N) is 1. The van der Waals surface area contributed by atoms with Crippen molar-refractivity contribution in [1.82, 2.24) is 14.4 Å². The number of amides is 3. The van der Waals surface area contributed by atoms with E-state index < -0.39 is 0 Å². The zero-order valence-corrected chi connectivity index (χ0v) is 19.8. The van der Waals surface area contributed by atoms with Gasteiger partial charge in [0.1, 0.15) is 6.54 Å². The number of hydrogen-bond acceptors (Lipinski definition) is 2. The van der Waals surface area contributed by atoms with Crippen molar-refractivity contribution in [1.29, 1.82) is 0 Å². The molecular formula is C27H34N4O2. The second-order valence-electron chi connectivity index (χ2n) is 8.25. The summed E-state index contributed by atoms with van der Waals surface area (Å²) >= 11 is 0. The van der Waals surface area contributed by atoms with Gasteiger partial charge in [-0.1, -0.05) is 56.3 Å². The molecule has 6 nitrogen and oxygen atoms in total. The normalized spacial score (nSPS) is 10.6. The Labute approximate surface area is 196 Å². The zero-order valence-electron chi connectivity index (χ0n) is 19.8. The number of hydrogen-bond donors (Lipinski definition) is 1. The van der Waals surface area contributed by atoms with Crippen LogP contribution in [0, 0.1) is 0 Å². The lowest BCUT2D eigenvalue weighted by Crippen LogP contribution is -2.44. The van der Waals surface area contributed by atoms with Crippen LogP contribution in [0.15, 0.2) is 72.9 Å². The van der Waals surface area contributed by atoms with Gasteiger partial charge in [0, 0.05) is 37.7 Å². The van der Waals surface area contributed by atoms with Crippen molar-refractivity contribution in [3.8, 4) is 0 Å². The molecule has 1 heterocycles. The highest BCUT2D eigenvalue weighted by Gasteiger charge is 2.22. The quantitative estimate of drug-likeness (QED) is 0.473. The molecule has 3 aromatic rings. The van der Waals surface area contributed by atoms with Crippen LogP contribution in [-0.2, 0) is 31.4 Å². The Morgan fingerprint density at radius 2 is 1.64 bits per heavy atom. The molecule has 0 fully saturated rings. The summed E-state index contributed by atoms with van der Waals surface area (Å²) in [6.45, 7) is 5.60. The number of anilines is 1. The van der Waals surface area contributed by atoms with Crippen LogP contribution in [0.3, 0.4) is 0 Å². The largest absolute Gasteiger partial charge is 0.353 e. The Kier molecular flexibility index (Phi) is 8.70. The predicted octanol–water partition coefficient (Wildman–Crippen LogP) is 5.06. The summed E-state index contributed by atoms with van der Waals surface area (Å²) in [6, 6.07) is 21.5. The monoisotopic (exact) mass is 446 g/mol. The van der Waals surface area contributed by atoms with Gasteiger partial charge < -0.3 is 19.7 Å². The van der Waals surface area contributed by atoms with Crippen molar-refractivity contribution in [2.24, 2.45) is 7.05 Å². The van der Waals surface area contributed by atoms with Crippen molar-refractivity contribution in [2.75, 3.05) is 18.4 Å². The maximum atomic E-state index is 13.4. The van der Waals surface area contributed by atoms with Crippen LogP contribution in [0.1, 0.15) is 37.1 Å². The fourth-order valence-electron chi connectivity index (χ4n) is 3.75. The number of rotatable bonds is 10. The molecule has 0 spiro atoms. The summed E-state index contributed by atoms with van der Waals surface area (Å²) in [5, 5.41) is 2.96. The van der Waals surface area contributed by atoms with Gasteiger partial charge in [0.05, 0.1) is 6.54 Å². The van der Waals surface area contributed by atoms with E-state index in [1.165, 1.54) is 0 Å². The molecule has 6 heteroatoms. The summed E-state index contributed by atoms with van der Waals surface area (Å²) in [5.41, 5.74) is 4.01. The van der Waals surface area contributed by atoms with E-state index in [0.29, 0.717) is 19.6 Å². The molecular weight excluding hydrogens is 412 g/mol. The van der Waals surface area contributed by atoms with E-state index in [2.05, 4.69) is 12.2 Å². The maximum absolute atomic E-state index is 13.4. The fraction of sp³-hybridized carbons (Fsp3) is 0.333. The third-order valence-corrected chi connectivity index (χ3v) is 5.67. The van der Waals surface area contributed by atoms with E-state index in [9.17, 15) is 9.59 Å². The third-order valence-electron chi connectivity index (χ3n) is 5.67. The highest BCUT2D eigenvalue weighted by molar-refractivity contribution is 5.92. The highest BCUT2D eigenvalue weighted by Crippen LogP contribution is 2.14. The van der Waals surface area contributed by atoms with Gasteiger partial charge in [-0.2, -0.15) is 0 Å². The molecule has 0 aliphatic carbocycles. The van der Waals surface area contributed by atoms with Crippen molar-refractivity contribution in [3.05, 3.63) is 89.7 Å². The van der Waals surface area contributed by atoms with E-state index in [-0.39, 0.29) is 18.5 Å². The number of carbonyl (C=O) groups is 2. The number of aryl methyl sites for hydroxylation is 2. The lowest BCUT2D eigenvalue weighted by atomic mass is 10.1. The number of carbonyl (C=O) groups excluding carboxylic acids is 2. The molecule has 0 saturated heterocycles. The van der Waals surface area contributed by atoms with Gasteiger partial charge in [-0.05, 0) is 48.2 Å². The van der Waals surface area contributed by atoms with E-state index in [4.69, 9.17) is 0 Å². The minimum atomic E-state index is -0.253. The van der Waals surface area contributed by atoms with E-state index in [1.807, 2.05) is 96.4 Å². The van der Waals surface area contributed by atoms with Crippen molar-refractivity contribution in [2.45, 2.75) is 39.8 Å². The average Bonchev–Trinajstić information content (AvgIpc) is 3.23. The summed E-state index contributed by atoms with van der Waals surface area (Å²) in [5.74, 6) is -0.0778. The van der Waals surface area contributed by atoms with Gasteiger partial charge in [-0.15, -0.1) is 0 Å². The van der Waals surface area contributed by atoms with Crippen molar-refractivity contribution >= 4 is 17.6 Å². The molecule has 0 bridgehead atoms. The zero-order chi connectivity index (χ0) is 23.6. The van der Waals surface area contributed by atoms with Crippen LogP contribution < -0.4 is 5.32 Å². The summed E-state index contributed by atoms with van der Waals surface area (Å²) in [4.78, 5) is 29.9. The molecule has 0 atom stereocenters. The molecule has 0 radical (unpaired) electrons. The fourth-order valence-corrected chi connectivity index (χ4v) is 3.75. The second kappa shape index (κ2) is 11.9. The van der Waals surface area contributed by atoms with Gasteiger partial charge in [-0.25, -0.2) is 4.79 Å². The van der Waals surface area contributed by atoms with Crippen LogP contribution in [-0.4, -0.2) is 39.4 Å². The lowest BCUT2D eigenvalue weighted by molar-refractivity contribution is -0.133. The first-order chi connectivity index (χ1) is 16.0. The SMILES string of the molecule is CCCN(CC(=O)N(Cc1ccccc1)Cc1cccn1C)C(=O)Nc1cccc(CC)c1. The first-order valence-corrected chi connectivity index (χ1v) is 11.6. The summed E-state index contributed by atoms with van der Waals surface area (Å²) in [7, 11) is 1.97. The molecule has 0 aliphatic heterocycles. The minimum Gasteiger partial charge on any atom is -0.353 e. The Balaban J connectivity index is 1.74. The molecule has 0 saturated carbocycles. The standard InChI is InChI=1S/C27H34N4O2/c1-4-16-30(27(33)28-24-14-9-13-22(5-2)18-24)21-26(32)31(19-23-11-7-6-8-12-23)20-25-15-10-17-29(25)3/h6-15,17-18H,4-5,16,19-21H2,1-3H3,(H,28,33). The van der Waals surface area contributed by atoms with Gasteiger partial charge >= 0.3 is 6.03 Å². The van der Waals surface area contributed by atoms with Gasteiger partial charge in [0.2, 0.25) is 5.91 Å². The topological polar surface area (TPSA) is 57.6 Å². The van der Waals surface area contributed by atoms with E-state index in [0.717, 1.165) is 35.3 Å². The second-order valence-corrected chi connectivity index (χ2v) is 8.25. The van der Waals surface area contributed by atoms with Gasteiger partial charge in [0.15, 0.2) is 0 Å². The number of aromatic nitrogens is 1. The maximum Gasteiger partial charge on any atom is 0.322 e. The molecule has 0 aliphatic rings. The Morgan fingerprint density at radius 1 is 0.879 bits per heavy atom. The van der Waals surface area contributed by atoms with E-state index in [1.54, 1.807) is 4.90 Å². The first kappa shape index (κ1) is 24.1. The number of nitrogens with zero attached hydrogens (tertiary/aromatic N) is 3. The number of urea groups is 1. The van der Waals surface area contributed by atoms with Crippen molar-refractivity contribution < 1.29 is 9.59 Å². The van der Waals surface area contributed by atoms with Crippen LogP contribution in [0.4, 0.5) is 10.5 Å². The Hall–Kier alpha value is -3.54. The lowest BCUT2D eigenvalue weighted by Gasteiger charge is -2.28. The summed E-state index contributed by atoms with van der Waals surface area (Å²) in [6.07, 6.45) is 3.64. The van der Waals surface area contributed by atoms with Crippen molar-refractivity contribution in [3.63, 3.8) is 0 Å². The molecule has 33 heavy (non-hydrogen) atoms. The smallest absolute Gasteiger partial charge is 0.322 e. The highest BCUT2D eigenvalue weighted by atomic mass is 16.2. The Morgan fingerprint density at radius 3 is 2.30 bits per heavy atom. The molecule has 3 rings (SSSR count). The minimum absolute atomic E-state index is 0.0321. The molecule has 3 amide bonds. The third kappa shape index (κ3) is 6.97. The van der Waals surface area contributed by atoms with Gasteiger partial charge in [-0.3, -0.25) is 4.79 Å². The molecule has 1 aromatic heterocycles. The molecule has 1 N–H and O–H groups in total. The predicted molar refractivity (Wildman–Crippen MR) is 133 cm³/mol. The Bertz CT molecular complexity index is 1050. The molecule has 0 unspecified atom stereocenters. The number of benzene rings is 2. The summed E-state index contributed by atoms with van der Waals surface area (Å²) < 4.78 is 2.02. The van der Waals surface area contributed by atoms with Crippen LogP contribution >= 0.6 is 0 Å². The van der Waals surface area contributed by atoms with Crippen LogP contribution in [0.25, 0.3) is 0 Å². The first-order valence-electron chi connectivity index (χ1n) is 11.6.